The molecule has 1 rings (SSSR count). The zero-order valence-electron chi connectivity index (χ0n) is 12.7. The van der Waals surface area contributed by atoms with E-state index in [-0.39, 0.29) is 0 Å². The molecule has 2 unspecified atom stereocenters. The quantitative estimate of drug-likeness (QED) is 0.725. The minimum atomic E-state index is 0.401. The van der Waals surface area contributed by atoms with Crippen molar-refractivity contribution < 1.29 is 0 Å². The fraction of sp³-hybridized carbons (Fsp3) is 0.800. The summed E-state index contributed by atoms with van der Waals surface area (Å²) in [6.07, 6.45) is 8.13. The van der Waals surface area contributed by atoms with E-state index < -0.39 is 0 Å². The highest BCUT2D eigenvalue weighted by Crippen LogP contribution is 2.32. The molecule has 1 aromatic heterocycles. The van der Waals surface area contributed by atoms with Crippen molar-refractivity contribution in [3.63, 3.8) is 0 Å². The monoisotopic (exact) mass is 329 g/mol. The summed E-state index contributed by atoms with van der Waals surface area (Å²) in [4.78, 5) is 0. The highest BCUT2D eigenvalue weighted by molar-refractivity contribution is 9.10. The van der Waals surface area contributed by atoms with Gasteiger partial charge in [0.05, 0.1) is 22.4 Å². The molecular formula is C15H28BrN3. The fourth-order valence-corrected chi connectivity index (χ4v) is 3.22. The first-order valence-electron chi connectivity index (χ1n) is 7.56. The Morgan fingerprint density at radius 3 is 2.53 bits per heavy atom. The highest BCUT2D eigenvalue weighted by atomic mass is 79.9. The van der Waals surface area contributed by atoms with E-state index >= 15 is 0 Å². The van der Waals surface area contributed by atoms with Gasteiger partial charge in [-0.25, -0.2) is 0 Å². The van der Waals surface area contributed by atoms with Crippen molar-refractivity contribution in [2.45, 2.75) is 58.9 Å². The molecule has 1 heterocycles. The first-order valence-corrected chi connectivity index (χ1v) is 8.35. The maximum Gasteiger partial charge on any atom is 0.0695 e. The summed E-state index contributed by atoms with van der Waals surface area (Å²) in [6, 6.07) is 0.401. The average molecular weight is 330 g/mol. The van der Waals surface area contributed by atoms with Crippen LogP contribution in [0.2, 0.25) is 0 Å². The normalized spacial score (nSPS) is 14.6. The van der Waals surface area contributed by atoms with E-state index in [2.05, 4.69) is 47.1 Å². The number of aryl methyl sites for hydroxylation is 1. The Hall–Kier alpha value is -0.350. The van der Waals surface area contributed by atoms with Gasteiger partial charge in [-0.2, -0.15) is 5.10 Å². The van der Waals surface area contributed by atoms with E-state index in [1.54, 1.807) is 0 Å². The maximum atomic E-state index is 4.37. The van der Waals surface area contributed by atoms with E-state index in [1.165, 1.54) is 31.4 Å². The molecule has 0 spiro atoms. The van der Waals surface area contributed by atoms with Crippen molar-refractivity contribution in [2.24, 2.45) is 13.0 Å². The zero-order valence-corrected chi connectivity index (χ0v) is 14.3. The lowest BCUT2D eigenvalue weighted by Crippen LogP contribution is -2.31. The molecule has 0 aliphatic heterocycles. The van der Waals surface area contributed by atoms with Gasteiger partial charge < -0.3 is 5.32 Å². The Morgan fingerprint density at radius 1 is 1.32 bits per heavy atom. The van der Waals surface area contributed by atoms with Gasteiger partial charge in [0.15, 0.2) is 0 Å². The molecule has 0 radical (unpaired) electrons. The van der Waals surface area contributed by atoms with Crippen molar-refractivity contribution in [2.75, 3.05) is 6.54 Å². The van der Waals surface area contributed by atoms with Crippen LogP contribution in [-0.2, 0) is 7.05 Å². The first-order chi connectivity index (χ1) is 9.15. The summed E-state index contributed by atoms with van der Waals surface area (Å²) < 4.78 is 3.13. The van der Waals surface area contributed by atoms with Crippen LogP contribution in [0.25, 0.3) is 0 Å². The van der Waals surface area contributed by atoms with Crippen molar-refractivity contribution in [3.8, 4) is 0 Å². The zero-order chi connectivity index (χ0) is 14.3. The minimum Gasteiger partial charge on any atom is -0.308 e. The van der Waals surface area contributed by atoms with Gasteiger partial charge in [-0.1, -0.05) is 40.0 Å². The van der Waals surface area contributed by atoms with Gasteiger partial charge in [-0.05, 0) is 41.2 Å². The number of hydrogen-bond acceptors (Lipinski definition) is 2. The summed E-state index contributed by atoms with van der Waals surface area (Å²) >= 11 is 3.65. The van der Waals surface area contributed by atoms with Crippen LogP contribution in [-0.4, -0.2) is 16.3 Å². The second-order valence-electron chi connectivity index (χ2n) is 5.24. The van der Waals surface area contributed by atoms with Gasteiger partial charge in [0.1, 0.15) is 0 Å². The smallest absolute Gasteiger partial charge is 0.0695 e. The van der Waals surface area contributed by atoms with Crippen LogP contribution in [0, 0.1) is 5.92 Å². The van der Waals surface area contributed by atoms with Crippen molar-refractivity contribution in [1.82, 2.24) is 15.1 Å². The molecular weight excluding hydrogens is 302 g/mol. The third kappa shape index (κ3) is 4.60. The van der Waals surface area contributed by atoms with Crippen LogP contribution in [0.4, 0.5) is 0 Å². The van der Waals surface area contributed by atoms with E-state index in [0.29, 0.717) is 12.0 Å². The minimum absolute atomic E-state index is 0.401. The second-order valence-corrected chi connectivity index (χ2v) is 6.10. The second kappa shape index (κ2) is 8.75. The van der Waals surface area contributed by atoms with E-state index in [1.807, 2.05) is 17.9 Å². The van der Waals surface area contributed by atoms with Gasteiger partial charge in [0, 0.05) is 7.05 Å². The van der Waals surface area contributed by atoms with Gasteiger partial charge in [-0.3, -0.25) is 4.68 Å². The summed E-state index contributed by atoms with van der Waals surface area (Å²) in [5, 5.41) is 8.09. The van der Waals surface area contributed by atoms with Crippen LogP contribution in [0.15, 0.2) is 10.7 Å². The predicted octanol–water partition coefficient (Wildman–Crippen LogP) is 4.44. The molecule has 0 aliphatic rings. The molecule has 2 atom stereocenters. The number of hydrogen-bond donors (Lipinski definition) is 1. The van der Waals surface area contributed by atoms with Gasteiger partial charge in [-0.15, -0.1) is 0 Å². The standard InChI is InChI=1S/C15H28BrN3/c1-5-8-9-12(7-3)14(17-10-6-2)15-13(16)11-18-19(15)4/h11-12,14,17H,5-10H2,1-4H3. The molecule has 0 saturated heterocycles. The van der Waals surface area contributed by atoms with Crippen molar-refractivity contribution in [1.29, 1.82) is 0 Å². The molecule has 4 heteroatoms. The molecule has 19 heavy (non-hydrogen) atoms. The van der Waals surface area contributed by atoms with Gasteiger partial charge >= 0.3 is 0 Å². The molecule has 0 fully saturated rings. The third-order valence-corrected chi connectivity index (χ3v) is 4.38. The summed E-state index contributed by atoms with van der Waals surface area (Å²) in [6.45, 7) is 7.84. The lowest BCUT2D eigenvalue weighted by molar-refractivity contribution is 0.310. The molecule has 0 saturated carbocycles. The predicted molar refractivity (Wildman–Crippen MR) is 85.2 cm³/mol. The number of halogens is 1. The molecule has 110 valence electrons. The van der Waals surface area contributed by atoms with Crippen LogP contribution >= 0.6 is 15.9 Å². The van der Waals surface area contributed by atoms with E-state index in [9.17, 15) is 0 Å². The van der Waals surface area contributed by atoms with Crippen LogP contribution in [0.3, 0.4) is 0 Å². The van der Waals surface area contributed by atoms with Crippen molar-refractivity contribution >= 4 is 15.9 Å². The maximum absolute atomic E-state index is 4.37. The number of unbranched alkanes of at least 4 members (excludes halogenated alkanes) is 1. The number of nitrogens with zero attached hydrogens (tertiary/aromatic N) is 2. The van der Waals surface area contributed by atoms with Crippen LogP contribution in [0.1, 0.15) is 64.6 Å². The Kier molecular flexibility index (Phi) is 7.69. The molecule has 1 N–H and O–H groups in total. The largest absolute Gasteiger partial charge is 0.308 e. The summed E-state index contributed by atoms with van der Waals surface area (Å²) in [5.41, 5.74) is 1.29. The molecule has 0 aromatic carbocycles. The van der Waals surface area contributed by atoms with E-state index in [0.717, 1.165) is 17.4 Å². The average Bonchev–Trinajstić information content (AvgIpc) is 2.74. The number of nitrogens with one attached hydrogen (secondary N) is 1. The lowest BCUT2D eigenvalue weighted by Gasteiger charge is -2.28. The fourth-order valence-electron chi connectivity index (χ4n) is 2.63. The Labute approximate surface area is 126 Å². The van der Waals surface area contributed by atoms with Gasteiger partial charge in [0.2, 0.25) is 0 Å². The molecule has 0 bridgehead atoms. The Morgan fingerprint density at radius 2 is 2.05 bits per heavy atom. The summed E-state index contributed by atoms with van der Waals surface area (Å²) in [7, 11) is 2.03. The first kappa shape index (κ1) is 16.7. The topological polar surface area (TPSA) is 29.9 Å². The SMILES string of the molecule is CCCCC(CC)C(NCCC)c1c(Br)cnn1C. The van der Waals surface area contributed by atoms with Crippen molar-refractivity contribution in [3.05, 3.63) is 16.4 Å². The molecule has 0 amide bonds. The molecule has 1 aromatic rings. The molecule has 3 nitrogen and oxygen atoms in total. The molecule has 0 aliphatic carbocycles. The van der Waals surface area contributed by atoms with E-state index in [4.69, 9.17) is 0 Å². The van der Waals surface area contributed by atoms with Gasteiger partial charge in [0.25, 0.3) is 0 Å². The summed E-state index contributed by atoms with van der Waals surface area (Å²) in [5.74, 6) is 0.679. The highest BCUT2D eigenvalue weighted by Gasteiger charge is 2.25. The number of aromatic nitrogens is 2. The van der Waals surface area contributed by atoms with Crippen LogP contribution in [0.5, 0.6) is 0 Å². The number of rotatable bonds is 9. The Bertz CT molecular complexity index is 343. The third-order valence-electron chi connectivity index (χ3n) is 3.77. The lowest BCUT2D eigenvalue weighted by atomic mass is 9.89. The van der Waals surface area contributed by atoms with Crippen LogP contribution < -0.4 is 5.32 Å². The Balaban J connectivity index is 2.92.